The van der Waals surface area contributed by atoms with E-state index in [1.807, 2.05) is 0 Å². The van der Waals surface area contributed by atoms with Crippen LogP contribution in [0.3, 0.4) is 0 Å². The SMILES string of the molecule is Cn1nc(C(=O)O)cc1C1CCCCS1(=O)=O. The summed E-state index contributed by atoms with van der Waals surface area (Å²) in [4.78, 5) is 10.8. The van der Waals surface area contributed by atoms with E-state index < -0.39 is 21.1 Å². The van der Waals surface area contributed by atoms with Gasteiger partial charge in [-0.15, -0.1) is 0 Å². The number of nitrogens with zero attached hydrogens (tertiary/aromatic N) is 2. The predicted octanol–water partition coefficient (Wildman–Crippen LogP) is 0.758. The van der Waals surface area contributed by atoms with Crippen LogP contribution in [0, 0.1) is 0 Å². The molecule has 2 heterocycles. The summed E-state index contributed by atoms with van der Waals surface area (Å²) in [6.07, 6.45) is 2.07. The fraction of sp³-hybridized carbons (Fsp3) is 0.600. The average Bonchev–Trinajstić information content (AvgIpc) is 2.60. The van der Waals surface area contributed by atoms with Gasteiger partial charge in [0.15, 0.2) is 15.5 Å². The molecule has 1 aromatic rings. The number of aromatic carboxylic acids is 1. The van der Waals surface area contributed by atoms with Gasteiger partial charge in [-0.05, 0) is 18.9 Å². The zero-order valence-electron chi connectivity index (χ0n) is 9.46. The highest BCUT2D eigenvalue weighted by Gasteiger charge is 2.33. The van der Waals surface area contributed by atoms with Gasteiger partial charge < -0.3 is 5.11 Å². The number of aryl methyl sites for hydroxylation is 1. The lowest BCUT2D eigenvalue weighted by molar-refractivity contribution is 0.0689. The molecule has 6 nitrogen and oxygen atoms in total. The van der Waals surface area contributed by atoms with Gasteiger partial charge in [0.2, 0.25) is 0 Å². The number of hydrogen-bond acceptors (Lipinski definition) is 4. The normalized spacial score (nSPS) is 23.5. The van der Waals surface area contributed by atoms with E-state index in [2.05, 4.69) is 5.10 Å². The first-order chi connectivity index (χ1) is 7.92. The van der Waals surface area contributed by atoms with Gasteiger partial charge in [-0.3, -0.25) is 4.68 Å². The Morgan fingerprint density at radius 1 is 1.53 bits per heavy atom. The smallest absolute Gasteiger partial charge is 0.356 e. The van der Waals surface area contributed by atoms with Gasteiger partial charge in [-0.25, -0.2) is 13.2 Å². The molecule has 17 heavy (non-hydrogen) atoms. The van der Waals surface area contributed by atoms with E-state index in [9.17, 15) is 13.2 Å². The van der Waals surface area contributed by atoms with Gasteiger partial charge in [0, 0.05) is 7.05 Å². The molecular weight excluding hydrogens is 244 g/mol. The predicted molar refractivity (Wildman–Crippen MR) is 60.5 cm³/mol. The Labute approximate surface area is 99.2 Å². The second-order valence-electron chi connectivity index (χ2n) is 4.23. The lowest BCUT2D eigenvalue weighted by atomic mass is 10.1. The van der Waals surface area contributed by atoms with Crippen molar-refractivity contribution in [1.82, 2.24) is 9.78 Å². The average molecular weight is 258 g/mol. The Morgan fingerprint density at radius 2 is 2.24 bits per heavy atom. The number of hydrogen-bond donors (Lipinski definition) is 1. The van der Waals surface area contributed by atoms with Crippen LogP contribution in [0.1, 0.15) is 40.7 Å². The molecule has 7 heteroatoms. The van der Waals surface area contributed by atoms with Crippen LogP contribution in [0.25, 0.3) is 0 Å². The molecule has 1 aliphatic heterocycles. The van der Waals surface area contributed by atoms with Crippen LogP contribution in [0.5, 0.6) is 0 Å². The van der Waals surface area contributed by atoms with Crippen molar-refractivity contribution in [3.05, 3.63) is 17.5 Å². The van der Waals surface area contributed by atoms with Gasteiger partial charge >= 0.3 is 5.97 Å². The molecule has 0 aliphatic carbocycles. The Kier molecular flexibility index (Phi) is 2.94. The van der Waals surface area contributed by atoms with E-state index in [1.54, 1.807) is 7.05 Å². The highest BCUT2D eigenvalue weighted by atomic mass is 32.2. The van der Waals surface area contributed by atoms with Gasteiger partial charge in [-0.1, -0.05) is 6.42 Å². The first-order valence-electron chi connectivity index (χ1n) is 5.40. The maximum absolute atomic E-state index is 11.9. The summed E-state index contributed by atoms with van der Waals surface area (Å²) in [5, 5.41) is 12.0. The molecule has 1 aromatic heterocycles. The molecule has 1 atom stereocenters. The number of carbonyl (C=O) groups is 1. The second-order valence-corrected chi connectivity index (χ2v) is 6.54. The van der Waals surface area contributed by atoms with Crippen molar-refractivity contribution in [3.63, 3.8) is 0 Å². The highest BCUT2D eigenvalue weighted by Crippen LogP contribution is 2.33. The molecule has 2 rings (SSSR count). The standard InChI is InChI=1S/C10H14N2O4S/c1-12-8(6-7(11-12)10(13)14)9-4-2-3-5-17(9,15)16/h6,9H,2-5H2,1H3,(H,13,14). The summed E-state index contributed by atoms with van der Waals surface area (Å²) >= 11 is 0. The lowest BCUT2D eigenvalue weighted by Crippen LogP contribution is -2.23. The Hall–Kier alpha value is -1.37. The summed E-state index contributed by atoms with van der Waals surface area (Å²) in [6.45, 7) is 0. The molecule has 1 fully saturated rings. The summed E-state index contributed by atoms with van der Waals surface area (Å²) < 4.78 is 25.2. The number of carboxylic acids is 1. The molecule has 0 saturated carbocycles. The van der Waals surface area contributed by atoms with Crippen LogP contribution >= 0.6 is 0 Å². The van der Waals surface area contributed by atoms with Crippen molar-refractivity contribution in [3.8, 4) is 0 Å². The van der Waals surface area contributed by atoms with Crippen LogP contribution < -0.4 is 0 Å². The molecule has 0 bridgehead atoms. The maximum Gasteiger partial charge on any atom is 0.356 e. The molecule has 0 spiro atoms. The molecule has 0 amide bonds. The lowest BCUT2D eigenvalue weighted by Gasteiger charge is -2.22. The summed E-state index contributed by atoms with van der Waals surface area (Å²) in [7, 11) is -1.59. The largest absolute Gasteiger partial charge is 0.476 e. The van der Waals surface area contributed by atoms with E-state index in [-0.39, 0.29) is 11.4 Å². The zero-order valence-corrected chi connectivity index (χ0v) is 10.3. The van der Waals surface area contributed by atoms with Gasteiger partial charge in [0.05, 0.1) is 11.4 Å². The molecule has 1 saturated heterocycles. The Bertz CT molecular complexity index is 547. The third kappa shape index (κ3) is 2.19. The van der Waals surface area contributed by atoms with Gasteiger partial charge in [0.1, 0.15) is 5.25 Å². The number of sulfone groups is 1. The highest BCUT2D eigenvalue weighted by molar-refractivity contribution is 7.91. The van der Waals surface area contributed by atoms with E-state index in [0.717, 1.165) is 6.42 Å². The minimum Gasteiger partial charge on any atom is -0.476 e. The number of aromatic nitrogens is 2. The molecule has 1 unspecified atom stereocenters. The second kappa shape index (κ2) is 4.14. The summed E-state index contributed by atoms with van der Waals surface area (Å²) in [5.41, 5.74) is 0.366. The molecule has 1 aliphatic rings. The first-order valence-corrected chi connectivity index (χ1v) is 7.12. The third-order valence-electron chi connectivity index (χ3n) is 3.04. The zero-order chi connectivity index (χ0) is 12.6. The fourth-order valence-electron chi connectivity index (χ4n) is 2.17. The minimum atomic E-state index is -3.17. The van der Waals surface area contributed by atoms with E-state index in [4.69, 9.17) is 5.11 Å². The van der Waals surface area contributed by atoms with Crippen LogP contribution in [0.4, 0.5) is 0 Å². The van der Waals surface area contributed by atoms with Crippen molar-refractivity contribution < 1.29 is 18.3 Å². The van der Waals surface area contributed by atoms with Crippen molar-refractivity contribution in [2.24, 2.45) is 7.05 Å². The van der Waals surface area contributed by atoms with Crippen molar-refractivity contribution in [2.75, 3.05) is 5.75 Å². The van der Waals surface area contributed by atoms with Gasteiger partial charge in [-0.2, -0.15) is 5.10 Å². The van der Waals surface area contributed by atoms with Crippen LogP contribution in [0.2, 0.25) is 0 Å². The Morgan fingerprint density at radius 3 is 2.76 bits per heavy atom. The van der Waals surface area contributed by atoms with Crippen LogP contribution in [-0.2, 0) is 16.9 Å². The van der Waals surface area contributed by atoms with E-state index >= 15 is 0 Å². The first kappa shape index (κ1) is 12.1. The molecule has 0 aromatic carbocycles. The molecular formula is C10H14N2O4S. The van der Waals surface area contributed by atoms with Gasteiger partial charge in [0.25, 0.3) is 0 Å². The van der Waals surface area contributed by atoms with Crippen molar-refractivity contribution in [1.29, 1.82) is 0 Å². The molecule has 1 N–H and O–H groups in total. The van der Waals surface area contributed by atoms with Crippen molar-refractivity contribution in [2.45, 2.75) is 24.5 Å². The maximum atomic E-state index is 11.9. The number of rotatable bonds is 2. The van der Waals surface area contributed by atoms with E-state index in [0.29, 0.717) is 18.5 Å². The third-order valence-corrected chi connectivity index (χ3v) is 5.25. The van der Waals surface area contributed by atoms with E-state index in [1.165, 1.54) is 10.7 Å². The fourth-order valence-corrected chi connectivity index (χ4v) is 4.18. The van der Waals surface area contributed by atoms with Crippen LogP contribution in [-0.4, -0.2) is 35.0 Å². The molecule has 94 valence electrons. The Balaban J connectivity index is 2.42. The number of carboxylic acid groups (broad SMARTS) is 1. The molecule has 0 radical (unpaired) electrons. The van der Waals surface area contributed by atoms with Crippen LogP contribution in [0.15, 0.2) is 6.07 Å². The van der Waals surface area contributed by atoms with Crippen molar-refractivity contribution >= 4 is 15.8 Å². The summed E-state index contributed by atoms with van der Waals surface area (Å²) in [6, 6.07) is 1.36. The quantitative estimate of drug-likeness (QED) is 0.845. The minimum absolute atomic E-state index is 0.108. The monoisotopic (exact) mass is 258 g/mol. The topological polar surface area (TPSA) is 89.3 Å². The summed E-state index contributed by atoms with van der Waals surface area (Å²) in [5.74, 6) is -0.967.